The van der Waals surface area contributed by atoms with Gasteiger partial charge in [-0.15, -0.1) is 0 Å². The summed E-state index contributed by atoms with van der Waals surface area (Å²) in [7, 11) is 0. The molecule has 0 radical (unpaired) electrons. The molecule has 250 valence electrons. The van der Waals surface area contributed by atoms with Crippen LogP contribution in [0.1, 0.15) is 153 Å². The Morgan fingerprint density at radius 3 is 1.24 bits per heavy atom. The SMILES string of the molecule is CC(C)CCOC(=O)c1ccccc1C(=O)O.CCCCCCCCOC(=O)c1ccccc1C(=O)OCCCCCCCC. The van der Waals surface area contributed by atoms with Crippen molar-refractivity contribution in [3.63, 3.8) is 0 Å². The van der Waals surface area contributed by atoms with E-state index in [1.807, 2.05) is 13.8 Å². The van der Waals surface area contributed by atoms with Crippen molar-refractivity contribution >= 4 is 23.9 Å². The van der Waals surface area contributed by atoms with Gasteiger partial charge in [0.05, 0.1) is 42.1 Å². The number of carboxylic acids is 1. The highest BCUT2D eigenvalue weighted by Crippen LogP contribution is 2.14. The van der Waals surface area contributed by atoms with Crippen LogP contribution in [0.15, 0.2) is 48.5 Å². The molecule has 45 heavy (non-hydrogen) atoms. The Labute approximate surface area is 269 Å². The van der Waals surface area contributed by atoms with Crippen LogP contribution in [0, 0.1) is 5.92 Å². The fourth-order valence-corrected chi connectivity index (χ4v) is 4.40. The molecule has 0 heterocycles. The monoisotopic (exact) mass is 626 g/mol. The summed E-state index contributed by atoms with van der Waals surface area (Å²) in [5.74, 6) is -2.15. The third kappa shape index (κ3) is 17.4. The first-order valence-electron chi connectivity index (χ1n) is 16.7. The average Bonchev–Trinajstić information content (AvgIpc) is 3.03. The lowest BCUT2D eigenvalue weighted by Crippen LogP contribution is -2.15. The van der Waals surface area contributed by atoms with Crippen LogP contribution in [0.2, 0.25) is 0 Å². The van der Waals surface area contributed by atoms with E-state index >= 15 is 0 Å². The molecule has 0 aliphatic heterocycles. The summed E-state index contributed by atoms with van der Waals surface area (Å²) in [6, 6.07) is 12.8. The Hall–Kier alpha value is -3.68. The zero-order valence-corrected chi connectivity index (χ0v) is 27.8. The quantitative estimate of drug-likeness (QED) is 0.0828. The molecular formula is C37H54O8. The number of hydrogen-bond donors (Lipinski definition) is 1. The van der Waals surface area contributed by atoms with Crippen LogP contribution in [0.4, 0.5) is 0 Å². The number of ether oxygens (including phenoxy) is 3. The first-order valence-corrected chi connectivity index (χ1v) is 16.7. The predicted octanol–water partition coefficient (Wildman–Crippen LogP) is 9.31. The van der Waals surface area contributed by atoms with Crippen LogP contribution in [0.3, 0.4) is 0 Å². The number of carboxylic acid groups (broad SMARTS) is 1. The highest BCUT2D eigenvalue weighted by atomic mass is 16.5. The van der Waals surface area contributed by atoms with E-state index in [-0.39, 0.29) is 11.1 Å². The van der Waals surface area contributed by atoms with Crippen molar-refractivity contribution in [2.45, 2.75) is 111 Å². The summed E-state index contributed by atoms with van der Waals surface area (Å²) < 4.78 is 15.7. The molecule has 2 aromatic rings. The van der Waals surface area contributed by atoms with Crippen molar-refractivity contribution in [2.75, 3.05) is 19.8 Å². The van der Waals surface area contributed by atoms with E-state index in [9.17, 15) is 19.2 Å². The lowest BCUT2D eigenvalue weighted by Gasteiger charge is -2.10. The third-order valence-corrected chi connectivity index (χ3v) is 7.13. The van der Waals surface area contributed by atoms with E-state index in [1.165, 1.54) is 63.5 Å². The van der Waals surface area contributed by atoms with Gasteiger partial charge in [0.25, 0.3) is 0 Å². The molecule has 0 atom stereocenters. The summed E-state index contributed by atoms with van der Waals surface area (Å²) >= 11 is 0. The second kappa shape index (κ2) is 24.6. The normalized spacial score (nSPS) is 10.5. The molecule has 1 N–H and O–H groups in total. The van der Waals surface area contributed by atoms with E-state index in [2.05, 4.69) is 13.8 Å². The minimum atomic E-state index is -1.12. The zero-order valence-electron chi connectivity index (χ0n) is 27.8. The molecule has 0 saturated carbocycles. The summed E-state index contributed by atoms with van der Waals surface area (Å²) in [6.07, 6.45) is 14.4. The molecule has 0 amide bonds. The third-order valence-electron chi connectivity index (χ3n) is 7.13. The maximum atomic E-state index is 12.4. The van der Waals surface area contributed by atoms with E-state index in [4.69, 9.17) is 19.3 Å². The summed E-state index contributed by atoms with van der Waals surface area (Å²) in [6.45, 7) is 9.54. The number of benzene rings is 2. The zero-order chi connectivity index (χ0) is 33.3. The predicted molar refractivity (Wildman–Crippen MR) is 177 cm³/mol. The fourth-order valence-electron chi connectivity index (χ4n) is 4.40. The first kappa shape index (κ1) is 39.3. The Kier molecular flexibility index (Phi) is 21.5. The Balaban J connectivity index is 0.000000507. The van der Waals surface area contributed by atoms with Crippen molar-refractivity contribution in [2.24, 2.45) is 5.92 Å². The smallest absolute Gasteiger partial charge is 0.339 e. The van der Waals surface area contributed by atoms with Crippen LogP contribution in [-0.4, -0.2) is 48.8 Å². The molecule has 0 aliphatic rings. The van der Waals surface area contributed by atoms with Gasteiger partial charge in [0.15, 0.2) is 0 Å². The van der Waals surface area contributed by atoms with Crippen molar-refractivity contribution in [1.82, 2.24) is 0 Å². The van der Waals surface area contributed by atoms with Gasteiger partial charge in [-0.25, -0.2) is 19.2 Å². The van der Waals surface area contributed by atoms with Gasteiger partial charge in [0.2, 0.25) is 0 Å². The highest BCUT2D eigenvalue weighted by Gasteiger charge is 2.19. The van der Waals surface area contributed by atoms with Gasteiger partial charge in [-0.2, -0.15) is 0 Å². The minimum absolute atomic E-state index is 0.0259. The molecule has 8 nitrogen and oxygen atoms in total. The molecule has 0 fully saturated rings. The van der Waals surface area contributed by atoms with Gasteiger partial charge in [0.1, 0.15) is 0 Å². The van der Waals surface area contributed by atoms with Crippen molar-refractivity contribution in [1.29, 1.82) is 0 Å². The van der Waals surface area contributed by atoms with E-state index in [1.54, 1.807) is 36.4 Å². The number of unbranched alkanes of at least 4 members (excludes halogenated alkanes) is 10. The van der Waals surface area contributed by atoms with Gasteiger partial charge in [-0.05, 0) is 49.4 Å². The Morgan fingerprint density at radius 2 is 0.867 bits per heavy atom. The second-order valence-corrected chi connectivity index (χ2v) is 11.5. The Bertz CT molecular complexity index is 1090. The number of esters is 3. The number of rotatable bonds is 21. The number of carbonyl (C=O) groups excluding carboxylic acids is 3. The van der Waals surface area contributed by atoms with Gasteiger partial charge < -0.3 is 19.3 Å². The molecule has 0 spiro atoms. The van der Waals surface area contributed by atoms with Gasteiger partial charge in [-0.3, -0.25) is 0 Å². The molecule has 8 heteroatoms. The van der Waals surface area contributed by atoms with Crippen molar-refractivity contribution in [3.05, 3.63) is 70.8 Å². The van der Waals surface area contributed by atoms with E-state index in [0.29, 0.717) is 36.9 Å². The van der Waals surface area contributed by atoms with Crippen LogP contribution in [0.5, 0.6) is 0 Å². The van der Waals surface area contributed by atoms with Crippen molar-refractivity contribution < 1.29 is 38.5 Å². The van der Waals surface area contributed by atoms with E-state index in [0.717, 1.165) is 32.1 Å². The standard InChI is InChI=1S/C24H38O4.C13H16O4/c1-3-5-7-9-11-15-19-27-23(25)21-17-13-14-18-22(21)24(26)28-20-16-12-10-8-6-4-2;1-9(2)7-8-17-13(16)11-6-4-3-5-10(11)12(14)15/h13-14,17-18H,3-12,15-16,19-20H2,1-2H3;3-6,9H,7-8H2,1-2H3,(H,14,15). The maximum Gasteiger partial charge on any atom is 0.339 e. The molecule has 2 rings (SSSR count). The first-order chi connectivity index (χ1) is 21.7. The lowest BCUT2D eigenvalue weighted by atomic mass is 10.1. The van der Waals surface area contributed by atoms with Crippen LogP contribution >= 0.6 is 0 Å². The van der Waals surface area contributed by atoms with E-state index < -0.39 is 23.9 Å². The van der Waals surface area contributed by atoms with Crippen LogP contribution in [-0.2, 0) is 14.2 Å². The van der Waals surface area contributed by atoms with Gasteiger partial charge in [-0.1, -0.05) is 116 Å². The molecule has 0 unspecified atom stereocenters. The number of carbonyl (C=O) groups is 4. The Morgan fingerprint density at radius 1 is 0.533 bits per heavy atom. The van der Waals surface area contributed by atoms with Crippen LogP contribution < -0.4 is 0 Å². The molecule has 0 bridgehead atoms. The second-order valence-electron chi connectivity index (χ2n) is 11.5. The molecule has 2 aromatic carbocycles. The molecular weight excluding hydrogens is 572 g/mol. The van der Waals surface area contributed by atoms with Gasteiger partial charge >= 0.3 is 23.9 Å². The number of aromatic carboxylic acids is 1. The lowest BCUT2D eigenvalue weighted by molar-refractivity contribution is 0.0450. The summed E-state index contributed by atoms with van der Waals surface area (Å²) in [4.78, 5) is 47.3. The van der Waals surface area contributed by atoms with Gasteiger partial charge in [0, 0.05) is 0 Å². The summed E-state index contributed by atoms with van der Waals surface area (Å²) in [5.41, 5.74) is 0.661. The highest BCUT2D eigenvalue weighted by molar-refractivity contribution is 6.03. The topological polar surface area (TPSA) is 116 Å². The fraction of sp³-hybridized carbons (Fsp3) is 0.568. The maximum absolute atomic E-state index is 12.4. The number of hydrogen-bond acceptors (Lipinski definition) is 7. The molecule has 0 aliphatic carbocycles. The minimum Gasteiger partial charge on any atom is -0.478 e. The largest absolute Gasteiger partial charge is 0.478 e. The van der Waals surface area contributed by atoms with Crippen molar-refractivity contribution in [3.8, 4) is 0 Å². The average molecular weight is 627 g/mol. The summed E-state index contributed by atoms with van der Waals surface area (Å²) in [5, 5.41) is 8.92. The van der Waals surface area contributed by atoms with Crippen LogP contribution in [0.25, 0.3) is 0 Å². The molecule has 0 aromatic heterocycles. The molecule has 0 saturated heterocycles.